The fraction of sp³-hybridized carbons (Fsp3) is 0.643. The molecule has 1 aromatic carbocycles. The van der Waals surface area contributed by atoms with E-state index in [-0.39, 0.29) is 37.3 Å². The van der Waals surface area contributed by atoms with Crippen LogP contribution in [0.2, 0.25) is 0 Å². The Balaban J connectivity index is 0.00000484. The van der Waals surface area contributed by atoms with Crippen LogP contribution in [0.3, 0.4) is 0 Å². The number of fused-ring (bicyclic) bond motifs is 2. The summed E-state index contributed by atoms with van der Waals surface area (Å²) in [6, 6.07) is 3.76. The fourth-order valence-corrected chi connectivity index (χ4v) is 5.63. The molecule has 0 saturated carbocycles. The van der Waals surface area contributed by atoms with Crippen LogP contribution in [0, 0.1) is 5.41 Å². The molecule has 4 amide bonds. The molecule has 42 heavy (non-hydrogen) atoms. The molecule has 0 radical (unpaired) electrons. The number of ether oxygens (including phenoxy) is 1. The van der Waals surface area contributed by atoms with Crippen molar-refractivity contribution in [2.24, 2.45) is 5.41 Å². The molecule has 2 fully saturated rings. The smallest absolute Gasteiger partial charge is 0.402 e. The molecule has 5 atom stereocenters. The standard InChI is InChI=1S/C28H38F3N5O5.ClH/c1-16(32-4)23(37)34-20-15-35(26(40)27(2,3)28(29,30)31)13-11-17-9-10-21(36(17)25(20)39)24(38)33-19-12-14-41-22-8-6-5-7-18(19)22;/h5-8,16-17,19-21,32H,9-15H2,1-4H3,(H,33,38)(H,34,37);1H/t16-,17+,19+,20-,21-;/m0./s1. The zero-order valence-corrected chi connectivity index (χ0v) is 24.9. The lowest BCUT2D eigenvalue weighted by Crippen LogP contribution is -2.63. The van der Waals surface area contributed by atoms with Gasteiger partial charge < -0.3 is 30.5 Å². The molecule has 0 bridgehead atoms. The molecular weight excluding hydrogens is 579 g/mol. The number of likely N-dealkylation sites (N-methyl/N-ethyl adjacent to an activating group) is 1. The van der Waals surface area contributed by atoms with Gasteiger partial charge in [0, 0.05) is 31.1 Å². The van der Waals surface area contributed by atoms with Crippen molar-refractivity contribution in [1.29, 1.82) is 0 Å². The second-order valence-electron chi connectivity index (χ2n) is 11.5. The largest absolute Gasteiger partial charge is 0.493 e. The predicted molar refractivity (Wildman–Crippen MR) is 150 cm³/mol. The minimum atomic E-state index is -4.80. The number of carbonyl (C=O) groups excluding carboxylic acids is 4. The topological polar surface area (TPSA) is 120 Å². The summed E-state index contributed by atoms with van der Waals surface area (Å²) < 4.78 is 46.9. The highest BCUT2D eigenvalue weighted by Gasteiger charge is 2.55. The molecule has 14 heteroatoms. The van der Waals surface area contributed by atoms with Crippen molar-refractivity contribution in [1.82, 2.24) is 25.8 Å². The first kappa shape index (κ1) is 33.4. The maximum absolute atomic E-state index is 14.0. The molecule has 0 unspecified atom stereocenters. The van der Waals surface area contributed by atoms with Gasteiger partial charge in [-0.05, 0) is 53.1 Å². The SMILES string of the molecule is CN[C@@H](C)C(=O)N[C@H]1CN(C(=O)C(C)(C)C(F)(F)F)CC[C@H]2CC[C@@H](C(=O)N[C@@H]3CCOc4ccccc43)N2C1=O.Cl. The molecule has 0 spiro atoms. The Bertz CT molecular complexity index is 1180. The van der Waals surface area contributed by atoms with Crippen LogP contribution < -0.4 is 20.7 Å². The summed E-state index contributed by atoms with van der Waals surface area (Å²) in [6.45, 7) is 3.12. The molecule has 10 nitrogen and oxygen atoms in total. The zero-order valence-electron chi connectivity index (χ0n) is 24.1. The molecule has 3 heterocycles. The second-order valence-corrected chi connectivity index (χ2v) is 11.5. The highest BCUT2D eigenvalue weighted by molar-refractivity contribution is 5.94. The van der Waals surface area contributed by atoms with Crippen molar-refractivity contribution in [2.75, 3.05) is 26.7 Å². The summed E-state index contributed by atoms with van der Waals surface area (Å²) in [6.07, 6.45) is -3.25. The van der Waals surface area contributed by atoms with E-state index in [1.807, 2.05) is 24.3 Å². The average molecular weight is 618 g/mol. The van der Waals surface area contributed by atoms with Crippen LogP contribution in [-0.4, -0.2) is 90.5 Å². The third kappa shape index (κ3) is 6.61. The molecule has 234 valence electrons. The van der Waals surface area contributed by atoms with Crippen LogP contribution in [0.15, 0.2) is 24.3 Å². The Kier molecular flexibility index (Phi) is 10.4. The van der Waals surface area contributed by atoms with Crippen LogP contribution in [0.5, 0.6) is 5.75 Å². The Morgan fingerprint density at radius 2 is 1.71 bits per heavy atom. The number of alkyl halides is 3. The van der Waals surface area contributed by atoms with E-state index in [4.69, 9.17) is 4.74 Å². The van der Waals surface area contributed by atoms with Crippen molar-refractivity contribution >= 4 is 36.0 Å². The Labute approximate surface area is 249 Å². The Morgan fingerprint density at radius 3 is 2.38 bits per heavy atom. The van der Waals surface area contributed by atoms with Gasteiger partial charge in [0.25, 0.3) is 0 Å². The van der Waals surface area contributed by atoms with Crippen molar-refractivity contribution in [3.05, 3.63) is 29.8 Å². The number of hydrogen-bond acceptors (Lipinski definition) is 6. The second kappa shape index (κ2) is 13.1. The van der Waals surface area contributed by atoms with Gasteiger partial charge in [0.2, 0.25) is 23.6 Å². The Morgan fingerprint density at radius 1 is 1.02 bits per heavy atom. The number of rotatable bonds is 6. The summed E-state index contributed by atoms with van der Waals surface area (Å²) >= 11 is 0. The molecule has 0 aromatic heterocycles. The zero-order chi connectivity index (χ0) is 30.1. The number of hydrogen-bond donors (Lipinski definition) is 3. The van der Waals surface area contributed by atoms with Gasteiger partial charge in [-0.1, -0.05) is 18.2 Å². The van der Waals surface area contributed by atoms with E-state index in [0.717, 1.165) is 24.3 Å². The van der Waals surface area contributed by atoms with Crippen molar-refractivity contribution < 1.29 is 37.1 Å². The molecule has 2 saturated heterocycles. The van der Waals surface area contributed by atoms with Crippen molar-refractivity contribution in [3.63, 3.8) is 0 Å². The number of carbonyl (C=O) groups is 4. The van der Waals surface area contributed by atoms with Gasteiger partial charge >= 0.3 is 6.18 Å². The highest BCUT2D eigenvalue weighted by atomic mass is 35.5. The lowest BCUT2D eigenvalue weighted by atomic mass is 9.90. The number of nitrogens with one attached hydrogen (secondary N) is 3. The number of benzene rings is 1. The van der Waals surface area contributed by atoms with Crippen LogP contribution in [0.1, 0.15) is 58.1 Å². The van der Waals surface area contributed by atoms with Gasteiger partial charge in [-0.25, -0.2) is 0 Å². The number of halogens is 4. The molecule has 0 aliphatic carbocycles. The summed E-state index contributed by atoms with van der Waals surface area (Å²) in [5.74, 6) is -1.98. The van der Waals surface area contributed by atoms with E-state index < -0.39 is 60.0 Å². The van der Waals surface area contributed by atoms with Crippen LogP contribution in [0.4, 0.5) is 13.2 Å². The summed E-state index contributed by atoms with van der Waals surface area (Å²) in [7, 11) is 1.55. The third-order valence-corrected chi connectivity index (χ3v) is 8.44. The quantitative estimate of drug-likeness (QED) is 0.451. The van der Waals surface area contributed by atoms with Crippen LogP contribution in [-0.2, 0) is 19.2 Å². The maximum atomic E-state index is 14.0. The van der Waals surface area contributed by atoms with Gasteiger partial charge in [0.05, 0.1) is 18.7 Å². The highest BCUT2D eigenvalue weighted by Crippen LogP contribution is 2.40. The van der Waals surface area contributed by atoms with Gasteiger partial charge in [0.15, 0.2) is 0 Å². The van der Waals surface area contributed by atoms with E-state index in [1.165, 1.54) is 4.90 Å². The molecule has 3 aliphatic heterocycles. The minimum absolute atomic E-state index is 0. The van der Waals surface area contributed by atoms with Crippen molar-refractivity contribution in [3.8, 4) is 5.75 Å². The molecule has 3 N–H and O–H groups in total. The first-order chi connectivity index (χ1) is 19.3. The molecule has 3 aliphatic rings. The van der Waals surface area contributed by atoms with Gasteiger partial charge in [-0.3, -0.25) is 19.2 Å². The van der Waals surface area contributed by atoms with E-state index in [0.29, 0.717) is 31.6 Å². The average Bonchev–Trinajstić information content (AvgIpc) is 3.35. The van der Waals surface area contributed by atoms with Crippen LogP contribution in [0.25, 0.3) is 0 Å². The van der Waals surface area contributed by atoms with Crippen molar-refractivity contribution in [2.45, 2.75) is 82.8 Å². The summed E-state index contributed by atoms with van der Waals surface area (Å²) in [5, 5.41) is 8.43. The fourth-order valence-electron chi connectivity index (χ4n) is 5.63. The Hall–Kier alpha value is -3.06. The maximum Gasteiger partial charge on any atom is 0.402 e. The number of nitrogens with zero attached hydrogens (tertiary/aromatic N) is 2. The van der Waals surface area contributed by atoms with Gasteiger partial charge in [-0.2, -0.15) is 13.2 Å². The normalized spacial score (nSPS) is 25.1. The monoisotopic (exact) mass is 617 g/mol. The van der Waals surface area contributed by atoms with Crippen LogP contribution >= 0.6 is 12.4 Å². The summed E-state index contributed by atoms with van der Waals surface area (Å²) in [5.41, 5.74) is -1.84. The lowest BCUT2D eigenvalue weighted by molar-refractivity contribution is -0.217. The number of amides is 4. The predicted octanol–water partition coefficient (Wildman–Crippen LogP) is 2.32. The van der Waals surface area contributed by atoms with E-state index in [9.17, 15) is 32.3 Å². The summed E-state index contributed by atoms with van der Waals surface area (Å²) in [4.78, 5) is 56.0. The van der Waals surface area contributed by atoms with E-state index >= 15 is 0 Å². The molecular formula is C28H39ClF3N5O5. The number of para-hydroxylation sites is 1. The van der Waals surface area contributed by atoms with Gasteiger partial charge in [-0.15, -0.1) is 12.4 Å². The van der Waals surface area contributed by atoms with E-state index in [2.05, 4.69) is 16.0 Å². The minimum Gasteiger partial charge on any atom is -0.493 e. The van der Waals surface area contributed by atoms with E-state index in [1.54, 1.807) is 14.0 Å². The first-order valence-corrected chi connectivity index (χ1v) is 13.9. The van der Waals surface area contributed by atoms with Gasteiger partial charge in [0.1, 0.15) is 23.2 Å². The lowest BCUT2D eigenvalue weighted by Gasteiger charge is -2.41. The third-order valence-electron chi connectivity index (χ3n) is 8.44. The molecule has 4 rings (SSSR count). The first-order valence-electron chi connectivity index (χ1n) is 13.9. The molecule has 1 aromatic rings.